The molecule has 1 saturated heterocycles. The Morgan fingerprint density at radius 2 is 1.85 bits per heavy atom. The Hall–Kier alpha value is -3.22. The topological polar surface area (TPSA) is 75.9 Å². The lowest BCUT2D eigenvalue weighted by atomic mass is 9.91. The second kappa shape index (κ2) is 11.1. The third-order valence-corrected chi connectivity index (χ3v) is 6.86. The lowest BCUT2D eigenvalue weighted by Crippen LogP contribution is -2.28. The van der Waals surface area contributed by atoms with Gasteiger partial charge in [-0.1, -0.05) is 60.4 Å². The maximum absolute atomic E-state index is 5.66. The number of thiazole rings is 1. The van der Waals surface area contributed by atoms with Crippen molar-refractivity contribution in [3.8, 4) is 10.4 Å². The molecule has 1 aliphatic rings. The number of hydrogen-bond donors (Lipinski definition) is 3. The van der Waals surface area contributed by atoms with Gasteiger partial charge in [0.2, 0.25) is 0 Å². The van der Waals surface area contributed by atoms with E-state index in [9.17, 15) is 0 Å². The zero-order chi connectivity index (χ0) is 23.0. The van der Waals surface area contributed by atoms with Crippen LogP contribution in [0.5, 0.6) is 0 Å². The fourth-order valence-corrected chi connectivity index (χ4v) is 4.74. The molecule has 0 amide bonds. The highest BCUT2D eigenvalue weighted by atomic mass is 32.1. The van der Waals surface area contributed by atoms with Gasteiger partial charge in [0.1, 0.15) is 5.82 Å². The number of anilines is 2. The van der Waals surface area contributed by atoms with E-state index >= 15 is 0 Å². The Labute approximate surface area is 199 Å². The van der Waals surface area contributed by atoms with Crippen LogP contribution in [-0.4, -0.2) is 30.1 Å². The van der Waals surface area contributed by atoms with Gasteiger partial charge in [0.05, 0.1) is 4.88 Å². The molecule has 33 heavy (non-hydrogen) atoms. The first kappa shape index (κ1) is 23.0. The van der Waals surface area contributed by atoms with E-state index in [1.54, 1.807) is 6.20 Å². The molecular formula is C27H31N5S. The second-order valence-corrected chi connectivity index (χ2v) is 9.35. The number of piperidine rings is 1. The van der Waals surface area contributed by atoms with Crippen LogP contribution in [0.2, 0.25) is 0 Å². The zero-order valence-corrected chi connectivity index (χ0v) is 19.9. The Morgan fingerprint density at radius 1 is 1.06 bits per heavy atom. The summed E-state index contributed by atoms with van der Waals surface area (Å²) >= 11 is 1.49. The fourth-order valence-electron chi connectivity index (χ4n) is 4.06. The van der Waals surface area contributed by atoms with E-state index in [1.165, 1.54) is 54.8 Å². The molecule has 0 saturated carbocycles. The highest BCUT2D eigenvalue weighted by molar-refractivity contribution is 7.18. The maximum Gasteiger partial charge on any atom is 0.180 e. The van der Waals surface area contributed by atoms with Gasteiger partial charge in [-0.3, -0.25) is 0 Å². The van der Waals surface area contributed by atoms with Crippen LogP contribution in [-0.2, 0) is 6.42 Å². The zero-order valence-electron chi connectivity index (χ0n) is 19.1. The molecule has 0 unspecified atom stereocenters. The molecule has 0 bridgehead atoms. The van der Waals surface area contributed by atoms with Crippen molar-refractivity contribution in [3.05, 3.63) is 78.6 Å². The van der Waals surface area contributed by atoms with Crippen molar-refractivity contribution in [2.75, 3.05) is 31.2 Å². The lowest BCUT2D eigenvalue weighted by molar-refractivity contribution is 0.372. The van der Waals surface area contributed by atoms with Crippen molar-refractivity contribution in [3.63, 3.8) is 0 Å². The Balaban J connectivity index is 0.000000160. The van der Waals surface area contributed by atoms with Crippen LogP contribution in [0.4, 0.5) is 10.9 Å². The van der Waals surface area contributed by atoms with Gasteiger partial charge in [0.25, 0.3) is 0 Å². The molecule has 1 aliphatic heterocycles. The number of hydrogen-bond acceptors (Lipinski definition) is 6. The van der Waals surface area contributed by atoms with E-state index in [4.69, 9.17) is 5.73 Å². The Bertz CT molecular complexity index is 1190. The normalized spacial score (nSPS) is 13.8. The minimum Gasteiger partial charge on any atom is -0.375 e. The van der Waals surface area contributed by atoms with Gasteiger partial charge in [-0.05, 0) is 72.5 Å². The summed E-state index contributed by atoms with van der Waals surface area (Å²) in [5, 5.41) is 9.31. The number of nitrogens with zero attached hydrogens (tertiary/aromatic N) is 2. The van der Waals surface area contributed by atoms with Gasteiger partial charge in [0, 0.05) is 24.8 Å². The van der Waals surface area contributed by atoms with Crippen molar-refractivity contribution in [1.29, 1.82) is 0 Å². The number of pyridine rings is 1. The highest BCUT2D eigenvalue weighted by Crippen LogP contribution is 2.30. The summed E-state index contributed by atoms with van der Waals surface area (Å²) in [7, 11) is 1.86. The number of nitrogens with two attached hydrogens (primary N) is 1. The quantitative estimate of drug-likeness (QED) is 0.350. The predicted octanol–water partition coefficient (Wildman–Crippen LogP) is 5.85. The minimum absolute atomic E-state index is 0.593. The van der Waals surface area contributed by atoms with Crippen LogP contribution in [0.15, 0.2) is 67.5 Å². The molecule has 3 heterocycles. The number of nitrogens with one attached hydrogen (secondary N) is 2. The number of fused-ring (bicyclic) bond motifs is 1. The SMILES string of the molecule is C=Cc1ccc(CC2CCNCC2)cc1.CNc1cc2cc(-c3cnc(N)s3)ccc2cn1. The van der Waals surface area contributed by atoms with Gasteiger partial charge in [0.15, 0.2) is 5.13 Å². The number of benzene rings is 2. The fraction of sp³-hybridized carbons (Fsp3) is 0.259. The molecule has 0 spiro atoms. The molecular weight excluding hydrogens is 426 g/mol. The van der Waals surface area contributed by atoms with E-state index in [0.29, 0.717) is 5.13 Å². The molecule has 5 nitrogen and oxygen atoms in total. The van der Waals surface area contributed by atoms with E-state index < -0.39 is 0 Å². The largest absolute Gasteiger partial charge is 0.375 e. The van der Waals surface area contributed by atoms with Gasteiger partial charge in [-0.2, -0.15) is 0 Å². The highest BCUT2D eigenvalue weighted by Gasteiger charge is 2.13. The summed E-state index contributed by atoms with van der Waals surface area (Å²) in [5.41, 5.74) is 9.47. The third-order valence-electron chi connectivity index (χ3n) is 5.98. The monoisotopic (exact) mass is 457 g/mol. The predicted molar refractivity (Wildman–Crippen MR) is 143 cm³/mol. The van der Waals surface area contributed by atoms with Gasteiger partial charge in [-0.25, -0.2) is 9.97 Å². The van der Waals surface area contributed by atoms with Crippen LogP contribution in [0.1, 0.15) is 24.0 Å². The third kappa shape index (κ3) is 6.18. The first-order valence-electron chi connectivity index (χ1n) is 11.4. The van der Waals surface area contributed by atoms with E-state index in [-0.39, 0.29) is 0 Å². The van der Waals surface area contributed by atoms with Crippen molar-refractivity contribution in [1.82, 2.24) is 15.3 Å². The first-order valence-corrected chi connectivity index (χ1v) is 12.2. The molecule has 5 rings (SSSR count). The standard InChI is InChI=1S/C14H19N.C13H12N4S/c1-2-12-3-5-13(6-4-12)11-14-7-9-15-10-8-14;1-15-12-5-10-4-8(2-3-9(10)6-16-12)11-7-17-13(14)18-11/h2-6,14-15H,1,7-11H2;2-7H,1H3,(H2,14,17)(H,15,16). The molecule has 6 heteroatoms. The van der Waals surface area contributed by atoms with Crippen molar-refractivity contribution in [2.45, 2.75) is 19.3 Å². The summed E-state index contributed by atoms with van der Waals surface area (Å²) in [5.74, 6) is 1.74. The van der Waals surface area contributed by atoms with Gasteiger partial charge in [-0.15, -0.1) is 0 Å². The Morgan fingerprint density at radius 3 is 2.52 bits per heavy atom. The Kier molecular flexibility index (Phi) is 7.70. The van der Waals surface area contributed by atoms with Gasteiger partial charge >= 0.3 is 0 Å². The summed E-state index contributed by atoms with van der Waals surface area (Å²) in [4.78, 5) is 9.45. The van der Waals surface area contributed by atoms with E-state index in [1.807, 2.05) is 25.4 Å². The molecule has 1 fully saturated rings. The van der Waals surface area contributed by atoms with Crippen molar-refractivity contribution < 1.29 is 0 Å². The average Bonchev–Trinajstić information content (AvgIpc) is 3.31. The van der Waals surface area contributed by atoms with Crippen LogP contribution in [0, 0.1) is 5.92 Å². The summed E-state index contributed by atoms with van der Waals surface area (Å²) in [6, 6.07) is 17.1. The minimum atomic E-state index is 0.593. The second-order valence-electron chi connectivity index (χ2n) is 8.29. The van der Waals surface area contributed by atoms with E-state index in [2.05, 4.69) is 69.6 Å². The smallest absolute Gasteiger partial charge is 0.180 e. The number of aromatic nitrogens is 2. The summed E-state index contributed by atoms with van der Waals surface area (Å²) < 4.78 is 0. The molecule has 4 N–H and O–H groups in total. The van der Waals surface area contributed by atoms with Crippen molar-refractivity contribution >= 4 is 39.1 Å². The maximum atomic E-state index is 5.66. The molecule has 4 aromatic rings. The summed E-state index contributed by atoms with van der Waals surface area (Å²) in [6.07, 6.45) is 9.45. The molecule has 0 atom stereocenters. The van der Waals surface area contributed by atoms with Gasteiger partial charge < -0.3 is 16.4 Å². The summed E-state index contributed by atoms with van der Waals surface area (Å²) in [6.45, 7) is 6.15. The van der Waals surface area contributed by atoms with Crippen LogP contribution in [0.25, 0.3) is 27.3 Å². The first-order chi connectivity index (χ1) is 16.1. The van der Waals surface area contributed by atoms with Crippen molar-refractivity contribution in [2.24, 2.45) is 5.92 Å². The molecule has 2 aromatic heterocycles. The lowest BCUT2D eigenvalue weighted by Gasteiger charge is -2.22. The molecule has 170 valence electrons. The molecule has 0 aliphatic carbocycles. The average molecular weight is 458 g/mol. The van der Waals surface area contributed by atoms with Crippen LogP contribution < -0.4 is 16.4 Å². The van der Waals surface area contributed by atoms with Crippen LogP contribution in [0.3, 0.4) is 0 Å². The molecule has 0 radical (unpaired) electrons. The molecule has 2 aromatic carbocycles. The van der Waals surface area contributed by atoms with Crippen LogP contribution >= 0.6 is 11.3 Å². The number of rotatable bonds is 5. The van der Waals surface area contributed by atoms with E-state index in [0.717, 1.165) is 32.9 Å². The number of nitrogen functional groups attached to an aromatic ring is 1.